The van der Waals surface area contributed by atoms with E-state index in [1.807, 2.05) is 6.07 Å². The minimum Gasteiger partial charge on any atom is -0.488 e. The van der Waals surface area contributed by atoms with E-state index in [1.54, 1.807) is 18.2 Å². The van der Waals surface area contributed by atoms with E-state index in [2.05, 4.69) is 0 Å². The van der Waals surface area contributed by atoms with E-state index in [4.69, 9.17) is 10.5 Å². The highest BCUT2D eigenvalue weighted by Gasteiger charge is 2.34. The molecule has 1 aliphatic heterocycles. The van der Waals surface area contributed by atoms with E-state index < -0.39 is 11.7 Å². The molecule has 1 aliphatic rings. The van der Waals surface area contributed by atoms with E-state index in [-0.39, 0.29) is 19.1 Å². The summed E-state index contributed by atoms with van der Waals surface area (Å²) in [6.45, 7) is 0.356. The molecule has 0 fully saturated rings. The molecule has 0 radical (unpaired) electrons. The van der Waals surface area contributed by atoms with Gasteiger partial charge < -0.3 is 10.5 Å². The SMILES string of the molecule is C.NC[C@H]1CCc2cccc(-c3ccccc3C(F)(F)F)c2O1. The number of hydrogen-bond donors (Lipinski definition) is 1. The number of fused-ring (bicyclic) bond motifs is 1. The van der Waals surface area contributed by atoms with Crippen LogP contribution in [0, 0.1) is 0 Å². The van der Waals surface area contributed by atoms with Gasteiger partial charge in [-0.25, -0.2) is 0 Å². The van der Waals surface area contributed by atoms with Crippen molar-refractivity contribution < 1.29 is 17.9 Å². The van der Waals surface area contributed by atoms with Crippen molar-refractivity contribution in [3.63, 3.8) is 0 Å². The number of para-hydroxylation sites is 1. The third-order valence-corrected chi connectivity index (χ3v) is 3.90. The summed E-state index contributed by atoms with van der Waals surface area (Å²) in [6.07, 6.45) is -3.00. The number of rotatable bonds is 2. The Labute approximate surface area is 134 Å². The number of hydrogen-bond acceptors (Lipinski definition) is 2. The summed E-state index contributed by atoms with van der Waals surface area (Å²) < 4.78 is 45.6. The van der Waals surface area contributed by atoms with Crippen molar-refractivity contribution in [2.45, 2.75) is 32.5 Å². The van der Waals surface area contributed by atoms with Gasteiger partial charge in [0, 0.05) is 12.1 Å². The molecule has 0 aliphatic carbocycles. The monoisotopic (exact) mass is 323 g/mol. The Hall–Kier alpha value is -2.01. The zero-order chi connectivity index (χ0) is 15.7. The average molecular weight is 323 g/mol. The van der Waals surface area contributed by atoms with Crippen molar-refractivity contribution in [2.75, 3.05) is 6.54 Å². The third kappa shape index (κ3) is 3.34. The van der Waals surface area contributed by atoms with Gasteiger partial charge in [-0.2, -0.15) is 13.2 Å². The van der Waals surface area contributed by atoms with E-state index >= 15 is 0 Å². The first-order valence-corrected chi connectivity index (χ1v) is 7.16. The molecule has 1 atom stereocenters. The molecular weight excluding hydrogens is 303 g/mol. The largest absolute Gasteiger partial charge is 0.488 e. The number of aryl methyl sites for hydroxylation is 1. The first-order valence-electron chi connectivity index (χ1n) is 7.16. The molecular formula is C18H20F3NO. The second-order valence-corrected chi connectivity index (χ2v) is 5.35. The fourth-order valence-corrected chi connectivity index (χ4v) is 2.81. The Morgan fingerprint density at radius 3 is 2.43 bits per heavy atom. The summed E-state index contributed by atoms with van der Waals surface area (Å²) in [6, 6.07) is 10.9. The van der Waals surface area contributed by atoms with Crippen LogP contribution in [0.4, 0.5) is 13.2 Å². The lowest BCUT2D eigenvalue weighted by molar-refractivity contribution is -0.137. The normalized spacial score (nSPS) is 17.0. The van der Waals surface area contributed by atoms with Crippen LogP contribution < -0.4 is 10.5 Å². The van der Waals surface area contributed by atoms with Crippen LogP contribution in [0.2, 0.25) is 0 Å². The molecule has 0 unspecified atom stereocenters. The van der Waals surface area contributed by atoms with Crippen LogP contribution in [0.1, 0.15) is 25.0 Å². The molecule has 23 heavy (non-hydrogen) atoms. The van der Waals surface area contributed by atoms with Crippen LogP contribution in [-0.4, -0.2) is 12.6 Å². The highest BCUT2D eigenvalue weighted by Crippen LogP contribution is 2.43. The van der Waals surface area contributed by atoms with Crippen LogP contribution in [0.5, 0.6) is 5.75 Å². The van der Waals surface area contributed by atoms with Crippen LogP contribution in [0.25, 0.3) is 11.1 Å². The second kappa shape index (κ2) is 6.62. The summed E-state index contributed by atoms with van der Waals surface area (Å²) in [5, 5.41) is 0. The van der Waals surface area contributed by atoms with Gasteiger partial charge >= 0.3 is 6.18 Å². The maximum absolute atomic E-state index is 13.2. The summed E-state index contributed by atoms with van der Waals surface area (Å²) in [5.41, 5.74) is 6.54. The summed E-state index contributed by atoms with van der Waals surface area (Å²) in [4.78, 5) is 0. The average Bonchev–Trinajstić information content (AvgIpc) is 2.53. The highest BCUT2D eigenvalue weighted by molar-refractivity contribution is 5.75. The molecule has 0 bridgehead atoms. The molecule has 0 saturated heterocycles. The summed E-state index contributed by atoms with van der Waals surface area (Å²) in [7, 11) is 0. The zero-order valence-corrected chi connectivity index (χ0v) is 11.9. The Morgan fingerprint density at radius 2 is 1.74 bits per heavy atom. The Balaban J connectivity index is 0.00000192. The van der Waals surface area contributed by atoms with Gasteiger partial charge in [-0.1, -0.05) is 43.8 Å². The first-order chi connectivity index (χ1) is 10.5. The standard InChI is InChI=1S/C17H16F3NO.CH4/c18-17(19,20)15-7-2-1-5-13(15)14-6-3-4-11-8-9-12(10-21)22-16(11)14;/h1-7,12H,8-10,21H2;1H4/t12-;/m1./s1. The lowest BCUT2D eigenvalue weighted by Gasteiger charge is -2.27. The van der Waals surface area contributed by atoms with Crippen LogP contribution in [0.15, 0.2) is 42.5 Å². The van der Waals surface area contributed by atoms with Gasteiger partial charge in [0.05, 0.1) is 5.56 Å². The van der Waals surface area contributed by atoms with Crippen molar-refractivity contribution >= 4 is 0 Å². The lowest BCUT2D eigenvalue weighted by atomic mass is 9.93. The minimum atomic E-state index is -4.40. The molecule has 2 aromatic rings. The maximum Gasteiger partial charge on any atom is 0.417 e. The zero-order valence-electron chi connectivity index (χ0n) is 11.9. The molecule has 1 heterocycles. The molecule has 0 saturated carbocycles. The second-order valence-electron chi connectivity index (χ2n) is 5.35. The Morgan fingerprint density at radius 1 is 1.04 bits per heavy atom. The van der Waals surface area contributed by atoms with Gasteiger partial charge in [-0.15, -0.1) is 0 Å². The lowest BCUT2D eigenvalue weighted by Crippen LogP contribution is -2.30. The number of ether oxygens (including phenoxy) is 1. The first kappa shape index (κ1) is 17.3. The molecule has 124 valence electrons. The molecule has 2 N–H and O–H groups in total. The molecule has 3 rings (SSSR count). The topological polar surface area (TPSA) is 35.2 Å². The van der Waals surface area contributed by atoms with Crippen LogP contribution in [-0.2, 0) is 12.6 Å². The van der Waals surface area contributed by atoms with E-state index in [0.29, 0.717) is 17.9 Å². The van der Waals surface area contributed by atoms with Gasteiger partial charge in [-0.05, 0) is 30.0 Å². The van der Waals surface area contributed by atoms with Gasteiger partial charge in [-0.3, -0.25) is 0 Å². The quantitative estimate of drug-likeness (QED) is 0.872. The molecule has 5 heteroatoms. The van der Waals surface area contributed by atoms with Crippen molar-refractivity contribution in [2.24, 2.45) is 5.73 Å². The third-order valence-electron chi connectivity index (χ3n) is 3.90. The molecule has 2 aromatic carbocycles. The molecule has 0 amide bonds. The fourth-order valence-electron chi connectivity index (χ4n) is 2.81. The summed E-state index contributed by atoms with van der Waals surface area (Å²) >= 11 is 0. The van der Waals surface area contributed by atoms with Crippen LogP contribution in [0.3, 0.4) is 0 Å². The molecule has 2 nitrogen and oxygen atoms in total. The van der Waals surface area contributed by atoms with E-state index in [9.17, 15) is 13.2 Å². The van der Waals surface area contributed by atoms with Crippen molar-refractivity contribution in [1.82, 2.24) is 0 Å². The minimum absolute atomic E-state index is 0. The number of benzene rings is 2. The number of alkyl halides is 3. The van der Waals surface area contributed by atoms with Crippen LogP contribution >= 0.6 is 0 Å². The van der Waals surface area contributed by atoms with Gasteiger partial charge in [0.2, 0.25) is 0 Å². The fraction of sp³-hybridized carbons (Fsp3) is 0.333. The summed E-state index contributed by atoms with van der Waals surface area (Å²) in [5.74, 6) is 0.529. The van der Waals surface area contributed by atoms with Gasteiger partial charge in [0.1, 0.15) is 11.9 Å². The number of halogens is 3. The smallest absolute Gasteiger partial charge is 0.417 e. The predicted molar refractivity (Wildman–Crippen MR) is 85.4 cm³/mol. The predicted octanol–water partition coefficient (Wildman–Crippen LogP) is 4.66. The van der Waals surface area contributed by atoms with Crippen molar-refractivity contribution in [3.8, 4) is 16.9 Å². The van der Waals surface area contributed by atoms with E-state index in [0.717, 1.165) is 24.5 Å². The highest BCUT2D eigenvalue weighted by atomic mass is 19.4. The number of nitrogens with two attached hydrogens (primary N) is 1. The Kier molecular flexibility index (Phi) is 5.00. The van der Waals surface area contributed by atoms with Crippen molar-refractivity contribution in [3.05, 3.63) is 53.6 Å². The van der Waals surface area contributed by atoms with Gasteiger partial charge in [0.25, 0.3) is 0 Å². The van der Waals surface area contributed by atoms with E-state index in [1.165, 1.54) is 12.1 Å². The maximum atomic E-state index is 13.2. The van der Waals surface area contributed by atoms with Crippen molar-refractivity contribution in [1.29, 1.82) is 0 Å². The molecule has 0 spiro atoms. The Bertz CT molecular complexity index is 682. The molecule has 0 aromatic heterocycles. The van der Waals surface area contributed by atoms with Gasteiger partial charge in [0.15, 0.2) is 0 Å².